The summed E-state index contributed by atoms with van der Waals surface area (Å²) in [6.45, 7) is 12.6. The number of rotatable bonds is 6. The number of hydrogen-bond donors (Lipinski definition) is 2. The lowest BCUT2D eigenvalue weighted by Crippen LogP contribution is -2.54. The molecule has 0 radical (unpaired) electrons. The smallest absolute Gasteiger partial charge is 0.0547 e. The first-order chi connectivity index (χ1) is 14.2. The topological polar surface area (TPSA) is 40.5 Å². The van der Waals surface area contributed by atoms with Gasteiger partial charge in [0.1, 0.15) is 0 Å². The second-order valence-electron chi connectivity index (χ2n) is 12.7. The summed E-state index contributed by atoms with van der Waals surface area (Å²) in [4.78, 5) is 0. The van der Waals surface area contributed by atoms with E-state index in [0.717, 1.165) is 49.4 Å². The molecule has 4 aliphatic rings. The minimum atomic E-state index is -0.219. The Balaban J connectivity index is 1.58. The molecule has 2 heteroatoms. The van der Waals surface area contributed by atoms with Crippen molar-refractivity contribution in [2.45, 2.75) is 118 Å². The minimum Gasteiger partial charge on any atom is -0.396 e. The SMILES string of the molecule is CC(C)CCC[C@@H](C)[C@H]1CC[C@H]2C3=C(CC[C@]12C)[C@@]1(C)CC[C@H](O)C[C@@]1(CO)CC3. The Morgan fingerprint density at radius 3 is 2.43 bits per heavy atom. The van der Waals surface area contributed by atoms with Crippen LogP contribution in [-0.4, -0.2) is 22.9 Å². The molecule has 4 rings (SSSR count). The lowest BCUT2D eigenvalue weighted by atomic mass is 9.45. The van der Waals surface area contributed by atoms with Crippen LogP contribution in [0.15, 0.2) is 11.1 Å². The maximum absolute atomic E-state index is 10.5. The standard InChI is InChI=1S/C28H48O2/c1-19(2)7-6-8-20(3)23-9-10-24-22-12-16-28(18-29)17-21(30)11-15-27(28,5)25(22)13-14-26(23,24)4/h19-21,23-24,29-30H,6-18H2,1-5H3/t20-,21+,23-,24+,26-,27-,28-/m1/s1. The summed E-state index contributed by atoms with van der Waals surface area (Å²) in [6, 6.07) is 0. The van der Waals surface area contributed by atoms with E-state index in [0.29, 0.717) is 5.41 Å². The Labute approximate surface area is 185 Å². The Hall–Kier alpha value is -0.340. The summed E-state index contributed by atoms with van der Waals surface area (Å²) >= 11 is 0. The molecule has 0 saturated heterocycles. The summed E-state index contributed by atoms with van der Waals surface area (Å²) in [6.07, 6.45) is 14.4. The van der Waals surface area contributed by atoms with Crippen molar-refractivity contribution < 1.29 is 10.2 Å². The second kappa shape index (κ2) is 8.22. The minimum absolute atomic E-state index is 0.0839. The highest BCUT2D eigenvalue weighted by Crippen LogP contribution is 2.68. The first kappa shape index (κ1) is 22.8. The summed E-state index contributed by atoms with van der Waals surface area (Å²) < 4.78 is 0. The number of allylic oxidation sites excluding steroid dienone is 2. The predicted octanol–water partition coefficient (Wildman–Crippen LogP) is 6.90. The van der Waals surface area contributed by atoms with Gasteiger partial charge in [-0.15, -0.1) is 0 Å². The van der Waals surface area contributed by atoms with Gasteiger partial charge in [0.05, 0.1) is 6.10 Å². The normalized spacial score (nSPS) is 44.6. The maximum atomic E-state index is 10.5. The predicted molar refractivity (Wildman–Crippen MR) is 125 cm³/mol. The van der Waals surface area contributed by atoms with Crippen LogP contribution in [0.25, 0.3) is 0 Å². The van der Waals surface area contributed by atoms with Gasteiger partial charge in [0, 0.05) is 12.0 Å². The van der Waals surface area contributed by atoms with Gasteiger partial charge < -0.3 is 10.2 Å². The molecule has 172 valence electrons. The first-order valence-electron chi connectivity index (χ1n) is 13.2. The third-order valence-corrected chi connectivity index (χ3v) is 10.9. The molecule has 0 aromatic rings. The summed E-state index contributed by atoms with van der Waals surface area (Å²) in [5, 5.41) is 20.9. The molecule has 0 aliphatic heterocycles. The van der Waals surface area contributed by atoms with Crippen LogP contribution < -0.4 is 0 Å². The lowest BCUT2D eigenvalue weighted by molar-refractivity contribution is -0.0887. The van der Waals surface area contributed by atoms with Crippen molar-refractivity contribution in [1.82, 2.24) is 0 Å². The average molecular weight is 417 g/mol. The van der Waals surface area contributed by atoms with Gasteiger partial charge in [-0.1, -0.05) is 65.0 Å². The molecule has 0 aromatic heterocycles. The van der Waals surface area contributed by atoms with Gasteiger partial charge in [0.15, 0.2) is 0 Å². The highest BCUT2D eigenvalue weighted by atomic mass is 16.3. The van der Waals surface area contributed by atoms with Crippen molar-refractivity contribution in [2.24, 2.45) is 39.9 Å². The van der Waals surface area contributed by atoms with Crippen LogP contribution in [0.3, 0.4) is 0 Å². The van der Waals surface area contributed by atoms with E-state index in [9.17, 15) is 10.2 Å². The van der Waals surface area contributed by atoms with Crippen molar-refractivity contribution in [2.75, 3.05) is 6.61 Å². The molecule has 2 fully saturated rings. The Kier molecular flexibility index (Phi) is 6.26. The van der Waals surface area contributed by atoms with Crippen molar-refractivity contribution in [3.63, 3.8) is 0 Å². The second-order valence-corrected chi connectivity index (χ2v) is 12.7. The molecule has 2 N–H and O–H groups in total. The fourth-order valence-corrected chi connectivity index (χ4v) is 8.94. The van der Waals surface area contributed by atoms with Crippen LogP contribution in [0.4, 0.5) is 0 Å². The molecule has 0 spiro atoms. The molecule has 0 aromatic carbocycles. The van der Waals surface area contributed by atoms with Crippen molar-refractivity contribution in [1.29, 1.82) is 0 Å². The first-order valence-corrected chi connectivity index (χ1v) is 13.2. The fourth-order valence-electron chi connectivity index (χ4n) is 8.94. The Morgan fingerprint density at radius 2 is 1.73 bits per heavy atom. The fraction of sp³-hybridized carbons (Fsp3) is 0.929. The van der Waals surface area contributed by atoms with Crippen LogP contribution in [-0.2, 0) is 0 Å². The number of aliphatic hydroxyl groups is 2. The van der Waals surface area contributed by atoms with Gasteiger partial charge in [0.2, 0.25) is 0 Å². The van der Waals surface area contributed by atoms with Crippen LogP contribution in [0.1, 0.15) is 112 Å². The zero-order valence-electron chi connectivity index (χ0n) is 20.5. The summed E-state index contributed by atoms with van der Waals surface area (Å²) in [5.74, 6) is 3.34. The number of hydrogen-bond acceptors (Lipinski definition) is 2. The van der Waals surface area contributed by atoms with Crippen molar-refractivity contribution in [3.8, 4) is 0 Å². The Morgan fingerprint density at radius 1 is 0.967 bits per heavy atom. The van der Waals surface area contributed by atoms with E-state index in [1.165, 1.54) is 51.4 Å². The third kappa shape index (κ3) is 3.43. The molecule has 0 heterocycles. The molecule has 30 heavy (non-hydrogen) atoms. The quantitative estimate of drug-likeness (QED) is 0.463. The van der Waals surface area contributed by atoms with Crippen molar-refractivity contribution >= 4 is 0 Å². The molecule has 2 saturated carbocycles. The zero-order valence-corrected chi connectivity index (χ0v) is 20.5. The highest BCUT2D eigenvalue weighted by Gasteiger charge is 2.60. The molecule has 7 atom stereocenters. The lowest BCUT2D eigenvalue weighted by Gasteiger charge is -2.60. The number of fused-ring (bicyclic) bond motifs is 4. The molecule has 2 nitrogen and oxygen atoms in total. The van der Waals surface area contributed by atoms with Crippen LogP contribution in [0.5, 0.6) is 0 Å². The van der Waals surface area contributed by atoms with Gasteiger partial charge in [-0.2, -0.15) is 0 Å². The van der Waals surface area contributed by atoms with E-state index in [-0.39, 0.29) is 23.5 Å². The molecular formula is C28H48O2. The molecule has 0 bridgehead atoms. The van der Waals surface area contributed by atoms with Gasteiger partial charge in [-0.3, -0.25) is 0 Å². The van der Waals surface area contributed by atoms with Gasteiger partial charge in [-0.25, -0.2) is 0 Å². The Bertz CT molecular complexity index is 666. The highest BCUT2D eigenvalue weighted by molar-refractivity contribution is 5.36. The van der Waals surface area contributed by atoms with Crippen molar-refractivity contribution in [3.05, 3.63) is 11.1 Å². The maximum Gasteiger partial charge on any atom is 0.0547 e. The van der Waals surface area contributed by atoms with E-state index in [1.807, 2.05) is 5.57 Å². The van der Waals surface area contributed by atoms with E-state index in [2.05, 4.69) is 34.6 Å². The van der Waals surface area contributed by atoms with Gasteiger partial charge in [0.25, 0.3) is 0 Å². The zero-order chi connectivity index (χ0) is 21.7. The van der Waals surface area contributed by atoms with Crippen LogP contribution in [0, 0.1) is 39.9 Å². The van der Waals surface area contributed by atoms with Crippen LogP contribution in [0.2, 0.25) is 0 Å². The van der Waals surface area contributed by atoms with Crippen LogP contribution >= 0.6 is 0 Å². The largest absolute Gasteiger partial charge is 0.396 e. The average Bonchev–Trinajstić information content (AvgIpc) is 3.05. The summed E-state index contributed by atoms with van der Waals surface area (Å²) in [7, 11) is 0. The van der Waals surface area contributed by atoms with E-state index in [4.69, 9.17) is 0 Å². The molecular weight excluding hydrogens is 368 g/mol. The summed E-state index contributed by atoms with van der Waals surface area (Å²) in [5.41, 5.74) is 4.05. The molecule has 4 aliphatic carbocycles. The van der Waals surface area contributed by atoms with Gasteiger partial charge >= 0.3 is 0 Å². The monoisotopic (exact) mass is 416 g/mol. The van der Waals surface area contributed by atoms with E-state index < -0.39 is 0 Å². The molecule has 0 unspecified atom stereocenters. The molecule has 0 amide bonds. The third-order valence-electron chi connectivity index (χ3n) is 10.9. The number of aliphatic hydroxyl groups excluding tert-OH is 2. The van der Waals surface area contributed by atoms with E-state index in [1.54, 1.807) is 5.57 Å². The van der Waals surface area contributed by atoms with Gasteiger partial charge in [-0.05, 0) is 92.3 Å². The van der Waals surface area contributed by atoms with E-state index >= 15 is 0 Å².